The summed E-state index contributed by atoms with van der Waals surface area (Å²) in [4.78, 5) is 14.0. The highest BCUT2D eigenvalue weighted by Gasteiger charge is 2.28. The Bertz CT molecular complexity index is 881. The lowest BCUT2D eigenvalue weighted by atomic mass is 9.96. The van der Waals surface area contributed by atoms with Crippen LogP contribution >= 0.6 is 15.9 Å². The molecule has 28 heavy (non-hydrogen) atoms. The number of carboxylic acid groups (broad SMARTS) is 1. The van der Waals surface area contributed by atoms with E-state index in [2.05, 4.69) is 52.0 Å². The number of carbonyl (C=O) groups is 1. The standard InChI is InChI=1S/C24H24BrNO2/c1-18(20-10-6-3-7-11-20)26(17-19-8-4-2-5-9-19)23(16-24(27)28)21-12-14-22(25)15-13-21/h2-15,18,23H,16-17H2,1H3,(H,27,28)/t18-,23?/m1/s1. The minimum atomic E-state index is -0.800. The minimum Gasteiger partial charge on any atom is -0.481 e. The zero-order chi connectivity index (χ0) is 19.9. The third-order valence-corrected chi connectivity index (χ3v) is 5.54. The van der Waals surface area contributed by atoms with Gasteiger partial charge in [-0.25, -0.2) is 0 Å². The first-order chi connectivity index (χ1) is 13.5. The van der Waals surface area contributed by atoms with Crippen molar-refractivity contribution in [3.8, 4) is 0 Å². The van der Waals surface area contributed by atoms with Gasteiger partial charge in [0, 0.05) is 23.1 Å². The summed E-state index contributed by atoms with van der Waals surface area (Å²) in [5, 5.41) is 9.63. The molecule has 144 valence electrons. The molecule has 0 radical (unpaired) electrons. The van der Waals surface area contributed by atoms with Gasteiger partial charge in [-0.1, -0.05) is 88.7 Å². The average Bonchev–Trinajstić information content (AvgIpc) is 2.72. The fourth-order valence-corrected chi connectivity index (χ4v) is 3.78. The number of hydrogen-bond donors (Lipinski definition) is 1. The lowest BCUT2D eigenvalue weighted by Gasteiger charge is -2.36. The van der Waals surface area contributed by atoms with Gasteiger partial charge in [-0.05, 0) is 35.7 Å². The molecular weight excluding hydrogens is 414 g/mol. The molecule has 3 nitrogen and oxygen atoms in total. The van der Waals surface area contributed by atoms with E-state index >= 15 is 0 Å². The van der Waals surface area contributed by atoms with Gasteiger partial charge in [0.25, 0.3) is 0 Å². The zero-order valence-corrected chi connectivity index (χ0v) is 17.4. The summed E-state index contributed by atoms with van der Waals surface area (Å²) in [7, 11) is 0. The lowest BCUT2D eigenvalue weighted by molar-refractivity contribution is -0.138. The molecule has 3 rings (SSSR count). The van der Waals surface area contributed by atoms with Crippen molar-refractivity contribution in [2.24, 2.45) is 0 Å². The van der Waals surface area contributed by atoms with Gasteiger partial charge in [-0.2, -0.15) is 0 Å². The largest absolute Gasteiger partial charge is 0.481 e. The van der Waals surface area contributed by atoms with Crippen molar-refractivity contribution in [1.82, 2.24) is 4.90 Å². The lowest BCUT2D eigenvalue weighted by Crippen LogP contribution is -2.32. The highest BCUT2D eigenvalue weighted by atomic mass is 79.9. The van der Waals surface area contributed by atoms with E-state index in [4.69, 9.17) is 0 Å². The molecule has 0 saturated carbocycles. The van der Waals surface area contributed by atoms with E-state index in [1.807, 2.05) is 60.7 Å². The number of benzene rings is 3. The fraction of sp³-hybridized carbons (Fsp3) is 0.208. The summed E-state index contributed by atoms with van der Waals surface area (Å²) in [6.45, 7) is 2.82. The normalized spacial score (nSPS) is 13.2. The molecule has 2 atom stereocenters. The molecule has 0 aliphatic carbocycles. The second-order valence-corrected chi connectivity index (χ2v) is 7.83. The number of hydrogen-bond acceptors (Lipinski definition) is 2. The molecule has 0 aromatic heterocycles. The van der Waals surface area contributed by atoms with Crippen LogP contribution in [0.2, 0.25) is 0 Å². The van der Waals surface area contributed by atoms with E-state index in [1.54, 1.807) is 0 Å². The fourth-order valence-electron chi connectivity index (χ4n) is 3.51. The SMILES string of the molecule is C[C@H](c1ccccc1)N(Cc1ccccc1)C(CC(=O)O)c1ccc(Br)cc1. The quantitative estimate of drug-likeness (QED) is 0.453. The smallest absolute Gasteiger partial charge is 0.305 e. The second kappa shape index (κ2) is 9.67. The van der Waals surface area contributed by atoms with Gasteiger partial charge in [-0.3, -0.25) is 9.69 Å². The van der Waals surface area contributed by atoms with Crippen molar-refractivity contribution >= 4 is 21.9 Å². The molecule has 0 aliphatic heterocycles. The van der Waals surface area contributed by atoms with E-state index in [9.17, 15) is 9.90 Å². The highest BCUT2D eigenvalue weighted by molar-refractivity contribution is 9.10. The van der Waals surface area contributed by atoms with E-state index in [0.29, 0.717) is 6.54 Å². The van der Waals surface area contributed by atoms with Crippen LogP contribution in [0.3, 0.4) is 0 Å². The maximum atomic E-state index is 11.7. The van der Waals surface area contributed by atoms with Gasteiger partial charge >= 0.3 is 5.97 Å². The molecule has 3 aromatic rings. The zero-order valence-electron chi connectivity index (χ0n) is 15.8. The summed E-state index contributed by atoms with van der Waals surface area (Å²) in [5.41, 5.74) is 3.34. The Kier molecular flexibility index (Phi) is 7.01. The maximum absolute atomic E-state index is 11.7. The van der Waals surface area contributed by atoms with Crippen LogP contribution in [0.1, 0.15) is 42.1 Å². The molecule has 0 fully saturated rings. The van der Waals surface area contributed by atoms with Crippen molar-refractivity contribution in [2.75, 3.05) is 0 Å². The van der Waals surface area contributed by atoms with E-state index in [1.165, 1.54) is 5.56 Å². The molecule has 4 heteroatoms. The summed E-state index contributed by atoms with van der Waals surface area (Å²) in [6, 6.07) is 28.2. The van der Waals surface area contributed by atoms with Crippen LogP contribution in [0.25, 0.3) is 0 Å². The highest BCUT2D eigenvalue weighted by Crippen LogP contribution is 2.35. The van der Waals surface area contributed by atoms with Gasteiger partial charge in [0.2, 0.25) is 0 Å². The summed E-state index contributed by atoms with van der Waals surface area (Å²) in [5.74, 6) is -0.800. The molecule has 0 saturated heterocycles. The van der Waals surface area contributed by atoms with Crippen molar-refractivity contribution < 1.29 is 9.90 Å². The van der Waals surface area contributed by atoms with Crippen LogP contribution < -0.4 is 0 Å². The van der Waals surface area contributed by atoms with Crippen LogP contribution in [-0.4, -0.2) is 16.0 Å². The van der Waals surface area contributed by atoms with Crippen molar-refractivity contribution in [3.63, 3.8) is 0 Å². The molecule has 0 spiro atoms. The predicted molar refractivity (Wildman–Crippen MR) is 116 cm³/mol. The molecule has 1 unspecified atom stereocenters. The number of halogens is 1. The average molecular weight is 438 g/mol. The summed E-state index contributed by atoms with van der Waals surface area (Å²) < 4.78 is 0.982. The topological polar surface area (TPSA) is 40.5 Å². The molecule has 3 aromatic carbocycles. The van der Waals surface area contributed by atoms with Gasteiger partial charge in [0.1, 0.15) is 0 Å². The first kappa shape index (κ1) is 20.3. The van der Waals surface area contributed by atoms with Crippen LogP contribution in [0.5, 0.6) is 0 Å². The van der Waals surface area contributed by atoms with Crippen LogP contribution in [0.4, 0.5) is 0 Å². The van der Waals surface area contributed by atoms with E-state index in [0.717, 1.165) is 15.6 Å². The molecular formula is C24H24BrNO2. The molecule has 0 aliphatic rings. The number of nitrogens with zero attached hydrogens (tertiary/aromatic N) is 1. The first-order valence-electron chi connectivity index (χ1n) is 9.36. The Hall–Kier alpha value is -2.43. The van der Waals surface area contributed by atoms with Crippen molar-refractivity contribution in [2.45, 2.75) is 32.0 Å². The Morgan fingerprint density at radius 3 is 2.04 bits per heavy atom. The number of aliphatic carboxylic acids is 1. The van der Waals surface area contributed by atoms with Crippen molar-refractivity contribution in [1.29, 1.82) is 0 Å². The monoisotopic (exact) mass is 437 g/mol. The third-order valence-electron chi connectivity index (χ3n) is 5.01. The third kappa shape index (κ3) is 5.31. The molecule has 1 N–H and O–H groups in total. The Balaban J connectivity index is 2.02. The Morgan fingerprint density at radius 1 is 0.893 bits per heavy atom. The Labute approximate surface area is 174 Å². The van der Waals surface area contributed by atoms with Gasteiger partial charge in [-0.15, -0.1) is 0 Å². The van der Waals surface area contributed by atoms with Crippen molar-refractivity contribution in [3.05, 3.63) is 106 Å². The number of carboxylic acids is 1. The van der Waals surface area contributed by atoms with Crippen LogP contribution in [0.15, 0.2) is 89.4 Å². The second-order valence-electron chi connectivity index (χ2n) is 6.91. The van der Waals surface area contributed by atoms with E-state index < -0.39 is 5.97 Å². The van der Waals surface area contributed by atoms with Crippen LogP contribution in [-0.2, 0) is 11.3 Å². The van der Waals surface area contributed by atoms with Crippen LogP contribution in [0, 0.1) is 0 Å². The van der Waals surface area contributed by atoms with Gasteiger partial charge < -0.3 is 5.11 Å². The summed E-state index contributed by atoms with van der Waals surface area (Å²) in [6.07, 6.45) is 0.0473. The molecule has 0 heterocycles. The molecule has 0 amide bonds. The first-order valence-corrected chi connectivity index (χ1v) is 10.2. The van der Waals surface area contributed by atoms with Gasteiger partial charge in [0.05, 0.1) is 6.42 Å². The van der Waals surface area contributed by atoms with Gasteiger partial charge in [0.15, 0.2) is 0 Å². The minimum absolute atomic E-state index is 0.0473. The Morgan fingerprint density at radius 2 is 1.46 bits per heavy atom. The summed E-state index contributed by atoms with van der Waals surface area (Å²) >= 11 is 3.47. The predicted octanol–water partition coefficient (Wildman–Crippen LogP) is 6.23. The molecule has 0 bridgehead atoms. The maximum Gasteiger partial charge on any atom is 0.305 e. The van der Waals surface area contributed by atoms with E-state index in [-0.39, 0.29) is 18.5 Å². The number of rotatable bonds is 8.